The second-order valence-corrected chi connectivity index (χ2v) is 5.15. The molecule has 0 radical (unpaired) electrons. The van der Waals surface area contributed by atoms with Crippen molar-refractivity contribution in [2.24, 2.45) is 0 Å². The van der Waals surface area contributed by atoms with E-state index in [9.17, 15) is 20.2 Å². The molecule has 2 rings (SSSR count). The predicted molar refractivity (Wildman–Crippen MR) is 83.5 cm³/mol. The third-order valence-corrected chi connectivity index (χ3v) is 3.46. The van der Waals surface area contributed by atoms with Gasteiger partial charge in [0, 0.05) is 22.7 Å². The highest BCUT2D eigenvalue weighted by Crippen LogP contribution is 2.30. The lowest BCUT2D eigenvalue weighted by Gasteiger charge is -2.09. The predicted octanol–water partition coefficient (Wildman–Crippen LogP) is 4.42. The van der Waals surface area contributed by atoms with Crippen LogP contribution in [0.4, 0.5) is 17.1 Å². The Morgan fingerprint density at radius 1 is 1.00 bits per heavy atom. The molecular weight excluding hydrogens is 333 g/mol. The zero-order valence-electron chi connectivity index (χ0n) is 11.0. The number of rotatable bonds is 5. The molecule has 0 fully saturated rings. The summed E-state index contributed by atoms with van der Waals surface area (Å²) in [7, 11) is 0. The number of non-ortho nitro benzene ring substituents is 1. The van der Waals surface area contributed by atoms with Crippen LogP contribution in [0.3, 0.4) is 0 Å². The van der Waals surface area contributed by atoms with Gasteiger partial charge in [0.05, 0.1) is 15.9 Å². The highest BCUT2D eigenvalue weighted by atomic mass is 35.5. The molecule has 7 nitrogen and oxygen atoms in total. The Kier molecular flexibility index (Phi) is 4.79. The largest absolute Gasteiger partial charge is 0.375 e. The molecule has 0 atom stereocenters. The molecular formula is C13H9Cl2N3O4. The number of anilines is 1. The summed E-state index contributed by atoms with van der Waals surface area (Å²) in [5, 5.41) is 25.4. The molecule has 0 amide bonds. The van der Waals surface area contributed by atoms with Crippen LogP contribution in [0.15, 0.2) is 36.4 Å². The van der Waals surface area contributed by atoms with Gasteiger partial charge in [-0.15, -0.1) is 0 Å². The van der Waals surface area contributed by atoms with Crippen LogP contribution < -0.4 is 5.32 Å². The van der Waals surface area contributed by atoms with Crippen molar-refractivity contribution in [3.63, 3.8) is 0 Å². The van der Waals surface area contributed by atoms with Gasteiger partial charge in [-0.05, 0) is 23.8 Å². The summed E-state index contributed by atoms with van der Waals surface area (Å²) in [5.74, 6) is 0. The van der Waals surface area contributed by atoms with E-state index >= 15 is 0 Å². The highest BCUT2D eigenvalue weighted by molar-refractivity contribution is 6.35. The molecule has 0 saturated carbocycles. The molecule has 0 unspecified atom stereocenters. The first-order chi connectivity index (χ1) is 10.4. The molecule has 2 aromatic carbocycles. The second-order valence-electron chi connectivity index (χ2n) is 4.30. The van der Waals surface area contributed by atoms with Gasteiger partial charge in [0.2, 0.25) is 0 Å². The third kappa shape index (κ3) is 3.63. The number of nitro benzene ring substituents is 2. The van der Waals surface area contributed by atoms with E-state index in [1.807, 2.05) is 0 Å². The number of hydrogen-bond acceptors (Lipinski definition) is 5. The first-order valence-corrected chi connectivity index (χ1v) is 6.74. The average molecular weight is 342 g/mol. The molecule has 0 aliphatic carbocycles. The molecule has 0 aliphatic heterocycles. The minimum atomic E-state index is -0.688. The Balaban J connectivity index is 2.25. The van der Waals surface area contributed by atoms with Crippen molar-refractivity contribution in [3.8, 4) is 0 Å². The van der Waals surface area contributed by atoms with Gasteiger partial charge in [-0.25, -0.2) is 0 Å². The standard InChI is InChI=1S/C13H9Cl2N3O4/c14-9-2-1-8(11(15)5-9)7-16-12-4-3-10(17(19)20)6-13(12)18(21)22/h1-6,16H,7H2. The van der Waals surface area contributed by atoms with Crippen molar-refractivity contribution >= 4 is 40.3 Å². The number of halogens is 2. The van der Waals surface area contributed by atoms with Crippen LogP contribution in [0.25, 0.3) is 0 Å². The first-order valence-electron chi connectivity index (χ1n) is 5.99. The normalized spacial score (nSPS) is 10.3. The number of benzene rings is 2. The maximum Gasteiger partial charge on any atom is 0.299 e. The molecule has 1 N–H and O–H groups in total. The minimum absolute atomic E-state index is 0.168. The topological polar surface area (TPSA) is 98.3 Å². The number of nitrogens with zero attached hydrogens (tertiary/aromatic N) is 2. The first kappa shape index (κ1) is 16.0. The molecule has 0 heterocycles. The smallest absolute Gasteiger partial charge is 0.299 e. The van der Waals surface area contributed by atoms with E-state index < -0.39 is 9.85 Å². The van der Waals surface area contributed by atoms with Crippen LogP contribution in [0.5, 0.6) is 0 Å². The summed E-state index contributed by atoms with van der Waals surface area (Å²) in [4.78, 5) is 20.3. The Morgan fingerprint density at radius 2 is 1.73 bits per heavy atom. The fraction of sp³-hybridized carbons (Fsp3) is 0.0769. The van der Waals surface area contributed by atoms with Crippen molar-refractivity contribution in [1.82, 2.24) is 0 Å². The van der Waals surface area contributed by atoms with E-state index in [2.05, 4.69) is 5.32 Å². The Hall–Kier alpha value is -2.38. The SMILES string of the molecule is O=[N+]([O-])c1ccc(NCc2ccc(Cl)cc2Cl)c([N+](=O)[O-])c1. The molecule has 0 bridgehead atoms. The van der Waals surface area contributed by atoms with Crippen LogP contribution in [0, 0.1) is 20.2 Å². The van der Waals surface area contributed by atoms with E-state index in [0.29, 0.717) is 15.6 Å². The summed E-state index contributed by atoms with van der Waals surface area (Å²) in [6.07, 6.45) is 0. The van der Waals surface area contributed by atoms with Crippen molar-refractivity contribution in [3.05, 3.63) is 72.2 Å². The van der Waals surface area contributed by atoms with E-state index in [-0.39, 0.29) is 23.6 Å². The van der Waals surface area contributed by atoms with Crippen molar-refractivity contribution in [2.75, 3.05) is 5.32 Å². The quantitative estimate of drug-likeness (QED) is 0.640. The summed E-state index contributed by atoms with van der Waals surface area (Å²) in [5.41, 5.74) is 0.140. The van der Waals surface area contributed by atoms with Crippen LogP contribution in [0.2, 0.25) is 10.0 Å². The average Bonchev–Trinajstić information content (AvgIpc) is 2.46. The lowest BCUT2D eigenvalue weighted by Crippen LogP contribution is -2.03. The highest BCUT2D eigenvalue weighted by Gasteiger charge is 2.19. The van der Waals surface area contributed by atoms with Gasteiger partial charge in [-0.2, -0.15) is 0 Å². The zero-order valence-corrected chi connectivity index (χ0v) is 12.5. The molecule has 22 heavy (non-hydrogen) atoms. The summed E-state index contributed by atoms with van der Waals surface area (Å²) < 4.78 is 0. The Morgan fingerprint density at radius 3 is 2.32 bits per heavy atom. The van der Waals surface area contributed by atoms with Crippen LogP contribution >= 0.6 is 23.2 Å². The van der Waals surface area contributed by atoms with E-state index in [1.165, 1.54) is 12.1 Å². The monoisotopic (exact) mass is 341 g/mol. The third-order valence-electron chi connectivity index (χ3n) is 2.87. The molecule has 0 aromatic heterocycles. The van der Waals surface area contributed by atoms with Gasteiger partial charge in [-0.3, -0.25) is 20.2 Å². The van der Waals surface area contributed by atoms with Gasteiger partial charge < -0.3 is 5.32 Å². The Bertz CT molecular complexity index is 752. The molecule has 2 aromatic rings. The fourth-order valence-corrected chi connectivity index (χ4v) is 2.26. The second kappa shape index (κ2) is 6.59. The van der Waals surface area contributed by atoms with Crippen LogP contribution in [0.1, 0.15) is 5.56 Å². The van der Waals surface area contributed by atoms with Crippen LogP contribution in [-0.2, 0) is 6.54 Å². The maximum absolute atomic E-state index is 11.0. The molecule has 0 spiro atoms. The number of nitrogens with one attached hydrogen (secondary N) is 1. The van der Waals surface area contributed by atoms with Crippen molar-refractivity contribution < 1.29 is 9.85 Å². The van der Waals surface area contributed by atoms with Crippen LogP contribution in [-0.4, -0.2) is 9.85 Å². The maximum atomic E-state index is 11.0. The van der Waals surface area contributed by atoms with Crippen molar-refractivity contribution in [1.29, 1.82) is 0 Å². The summed E-state index contributed by atoms with van der Waals surface area (Å²) in [6, 6.07) is 8.29. The molecule has 114 valence electrons. The zero-order chi connectivity index (χ0) is 16.3. The van der Waals surface area contributed by atoms with E-state index in [4.69, 9.17) is 23.2 Å². The van der Waals surface area contributed by atoms with Gasteiger partial charge in [-0.1, -0.05) is 29.3 Å². The van der Waals surface area contributed by atoms with Gasteiger partial charge >= 0.3 is 0 Å². The summed E-state index contributed by atoms with van der Waals surface area (Å²) in [6.45, 7) is 0.217. The molecule has 0 saturated heterocycles. The Labute approximate surface area is 134 Å². The van der Waals surface area contributed by atoms with E-state index in [1.54, 1.807) is 18.2 Å². The number of hydrogen-bond donors (Lipinski definition) is 1. The van der Waals surface area contributed by atoms with Gasteiger partial charge in [0.15, 0.2) is 0 Å². The minimum Gasteiger partial charge on any atom is -0.375 e. The lowest BCUT2D eigenvalue weighted by atomic mass is 10.2. The molecule has 9 heteroatoms. The lowest BCUT2D eigenvalue weighted by molar-refractivity contribution is -0.393. The van der Waals surface area contributed by atoms with Gasteiger partial charge in [0.25, 0.3) is 11.4 Å². The van der Waals surface area contributed by atoms with E-state index in [0.717, 1.165) is 6.07 Å². The van der Waals surface area contributed by atoms with Crippen molar-refractivity contribution in [2.45, 2.75) is 6.54 Å². The summed E-state index contributed by atoms with van der Waals surface area (Å²) >= 11 is 11.8. The van der Waals surface area contributed by atoms with Gasteiger partial charge in [0.1, 0.15) is 5.69 Å². The molecule has 0 aliphatic rings. The number of nitro groups is 2. The fourth-order valence-electron chi connectivity index (χ4n) is 1.79.